The van der Waals surface area contributed by atoms with Gasteiger partial charge in [-0.3, -0.25) is 0 Å². The molecule has 0 heterocycles. The molecule has 0 aromatic heterocycles. The summed E-state index contributed by atoms with van der Waals surface area (Å²) in [6.07, 6.45) is 6.69. The van der Waals surface area contributed by atoms with Crippen molar-refractivity contribution in [1.82, 2.24) is 4.90 Å². The minimum absolute atomic E-state index is 0.197. The normalized spacial score (nSPS) is 12.0. The fourth-order valence-electron chi connectivity index (χ4n) is 1.78. The first-order chi connectivity index (χ1) is 7.85. The van der Waals surface area contributed by atoms with Crippen LogP contribution in [0.25, 0.3) is 0 Å². The van der Waals surface area contributed by atoms with E-state index in [1.807, 2.05) is 0 Å². The van der Waals surface area contributed by atoms with Crippen LogP contribution < -0.4 is 0 Å². The summed E-state index contributed by atoms with van der Waals surface area (Å²) in [5.74, 6) is 0. The number of hydrogen-bond acceptors (Lipinski definition) is 2. The molecule has 0 amide bonds. The summed E-state index contributed by atoms with van der Waals surface area (Å²) in [7, 11) is -0.197. The van der Waals surface area contributed by atoms with Crippen LogP contribution in [0.5, 0.6) is 0 Å². The van der Waals surface area contributed by atoms with Crippen molar-refractivity contribution in [3.8, 4) is 0 Å². The van der Waals surface area contributed by atoms with E-state index >= 15 is 0 Å². The summed E-state index contributed by atoms with van der Waals surface area (Å²) in [6, 6.07) is 1.35. The van der Waals surface area contributed by atoms with Gasteiger partial charge >= 0.3 is 0 Å². The lowest BCUT2D eigenvalue weighted by molar-refractivity contribution is 0.264. The smallest absolute Gasteiger partial charge is 0.161 e. The van der Waals surface area contributed by atoms with Gasteiger partial charge in [-0.05, 0) is 51.9 Å². The van der Waals surface area contributed by atoms with Crippen molar-refractivity contribution in [2.45, 2.75) is 58.9 Å². The van der Waals surface area contributed by atoms with Crippen LogP contribution in [0, 0.1) is 0 Å². The van der Waals surface area contributed by atoms with Crippen LogP contribution in [0.4, 0.5) is 0 Å². The van der Waals surface area contributed by atoms with Crippen LogP contribution >= 0.6 is 0 Å². The zero-order valence-electron chi connectivity index (χ0n) is 11.6. The maximum atomic E-state index is 5.50. The van der Waals surface area contributed by atoms with Gasteiger partial charge in [-0.2, -0.15) is 0 Å². The Hall–Kier alpha value is 0.137. The van der Waals surface area contributed by atoms with Crippen molar-refractivity contribution in [3.63, 3.8) is 0 Å². The maximum absolute atomic E-state index is 5.50. The quantitative estimate of drug-likeness (QED) is 0.387. The largest absolute Gasteiger partial charge is 0.424 e. The Morgan fingerprint density at radius 3 is 1.94 bits per heavy atom. The summed E-state index contributed by atoms with van der Waals surface area (Å²) >= 11 is 0. The molecule has 2 nitrogen and oxygen atoms in total. The van der Waals surface area contributed by atoms with E-state index < -0.39 is 0 Å². The molecule has 0 aliphatic carbocycles. The zero-order valence-corrected chi connectivity index (χ0v) is 13.0. The summed E-state index contributed by atoms with van der Waals surface area (Å²) in [6.45, 7) is 11.5. The van der Waals surface area contributed by atoms with E-state index in [4.69, 9.17) is 4.43 Å². The molecule has 0 spiro atoms. The van der Waals surface area contributed by atoms with Gasteiger partial charge in [-0.25, -0.2) is 0 Å². The number of nitrogens with zero attached hydrogens (tertiary/aromatic N) is 1. The van der Waals surface area contributed by atoms with E-state index in [-0.39, 0.29) is 9.76 Å². The predicted molar refractivity (Wildman–Crippen MR) is 75.9 cm³/mol. The molecule has 0 atom stereocenters. The van der Waals surface area contributed by atoms with E-state index in [9.17, 15) is 0 Å². The van der Waals surface area contributed by atoms with Gasteiger partial charge in [0.25, 0.3) is 0 Å². The third-order valence-corrected chi connectivity index (χ3v) is 4.36. The van der Waals surface area contributed by atoms with E-state index in [1.54, 1.807) is 0 Å². The highest BCUT2D eigenvalue weighted by Gasteiger charge is 2.03. The average Bonchev–Trinajstić information content (AvgIpc) is 2.31. The third kappa shape index (κ3) is 10.6. The van der Waals surface area contributed by atoms with Gasteiger partial charge in [0.2, 0.25) is 0 Å². The molecule has 0 aromatic rings. The second-order valence-corrected chi connectivity index (χ2v) is 5.98. The molecule has 0 aliphatic heterocycles. The molecular weight excluding hydrogens is 214 g/mol. The van der Waals surface area contributed by atoms with Crippen molar-refractivity contribution in [1.29, 1.82) is 0 Å². The molecule has 0 N–H and O–H groups in total. The van der Waals surface area contributed by atoms with Gasteiger partial charge in [-0.15, -0.1) is 0 Å². The average molecular weight is 245 g/mol. The van der Waals surface area contributed by atoms with Crippen molar-refractivity contribution in [2.24, 2.45) is 0 Å². The van der Waals surface area contributed by atoms with Crippen LogP contribution in [0.2, 0.25) is 6.04 Å². The Balaban J connectivity index is 3.48. The second kappa shape index (κ2) is 13.2. The van der Waals surface area contributed by atoms with E-state index in [0.29, 0.717) is 0 Å². The first-order valence-electron chi connectivity index (χ1n) is 7.15. The zero-order chi connectivity index (χ0) is 12.1. The van der Waals surface area contributed by atoms with Crippen molar-refractivity contribution >= 4 is 9.76 Å². The third-order valence-electron chi connectivity index (χ3n) is 2.87. The molecule has 0 bridgehead atoms. The van der Waals surface area contributed by atoms with E-state index in [1.165, 1.54) is 57.8 Å². The summed E-state index contributed by atoms with van der Waals surface area (Å²) in [5, 5.41) is 0. The fourth-order valence-corrected chi connectivity index (χ4v) is 2.70. The van der Waals surface area contributed by atoms with Crippen LogP contribution in [0.1, 0.15) is 52.9 Å². The van der Waals surface area contributed by atoms with Gasteiger partial charge in [-0.1, -0.05) is 26.7 Å². The number of hydrogen-bond donors (Lipinski definition) is 0. The highest BCUT2D eigenvalue weighted by Crippen LogP contribution is 2.02. The Bertz CT molecular complexity index is 125. The van der Waals surface area contributed by atoms with Crippen LogP contribution in [0.3, 0.4) is 0 Å². The lowest BCUT2D eigenvalue weighted by Crippen LogP contribution is -2.27. The minimum atomic E-state index is -0.197. The SMILES string of the molecule is CCCCN(CCCC)CCC[SiH2]OCC. The van der Waals surface area contributed by atoms with E-state index in [0.717, 1.165) is 6.61 Å². The topological polar surface area (TPSA) is 12.5 Å². The molecule has 0 rings (SSSR count). The van der Waals surface area contributed by atoms with Gasteiger partial charge < -0.3 is 9.33 Å². The summed E-state index contributed by atoms with van der Waals surface area (Å²) < 4.78 is 5.50. The van der Waals surface area contributed by atoms with Gasteiger partial charge in [0.15, 0.2) is 9.76 Å². The van der Waals surface area contributed by atoms with Crippen molar-refractivity contribution in [3.05, 3.63) is 0 Å². The van der Waals surface area contributed by atoms with Crippen molar-refractivity contribution in [2.75, 3.05) is 26.2 Å². The number of unbranched alkanes of at least 4 members (excludes halogenated alkanes) is 2. The Morgan fingerprint density at radius 1 is 0.875 bits per heavy atom. The Morgan fingerprint density at radius 2 is 1.44 bits per heavy atom. The Kier molecular flexibility index (Phi) is 13.3. The van der Waals surface area contributed by atoms with Gasteiger partial charge in [0.05, 0.1) is 0 Å². The molecular formula is C13H31NOSi. The predicted octanol–water partition coefficient (Wildman–Crippen LogP) is 2.82. The maximum Gasteiger partial charge on any atom is 0.161 e. The summed E-state index contributed by atoms with van der Waals surface area (Å²) in [5.41, 5.74) is 0. The second-order valence-electron chi connectivity index (χ2n) is 4.45. The molecule has 98 valence electrons. The molecule has 0 aliphatic rings. The molecule has 0 saturated heterocycles. The van der Waals surface area contributed by atoms with Gasteiger partial charge in [0, 0.05) is 6.61 Å². The highest BCUT2D eigenvalue weighted by molar-refractivity contribution is 6.26. The molecule has 0 saturated carbocycles. The van der Waals surface area contributed by atoms with Gasteiger partial charge in [0.1, 0.15) is 0 Å². The molecule has 3 heteroatoms. The molecule has 0 aromatic carbocycles. The molecule has 0 unspecified atom stereocenters. The monoisotopic (exact) mass is 245 g/mol. The molecule has 0 fully saturated rings. The van der Waals surface area contributed by atoms with Crippen LogP contribution in [-0.2, 0) is 4.43 Å². The number of rotatable bonds is 12. The lowest BCUT2D eigenvalue weighted by atomic mass is 10.2. The minimum Gasteiger partial charge on any atom is -0.424 e. The van der Waals surface area contributed by atoms with E-state index in [2.05, 4.69) is 25.7 Å². The lowest BCUT2D eigenvalue weighted by Gasteiger charge is -2.21. The summed E-state index contributed by atoms with van der Waals surface area (Å²) in [4.78, 5) is 2.65. The first-order valence-corrected chi connectivity index (χ1v) is 8.72. The van der Waals surface area contributed by atoms with Crippen molar-refractivity contribution < 1.29 is 4.43 Å². The highest BCUT2D eigenvalue weighted by atomic mass is 28.2. The van der Waals surface area contributed by atoms with Crippen LogP contribution in [-0.4, -0.2) is 40.9 Å². The van der Waals surface area contributed by atoms with Crippen LogP contribution in [0.15, 0.2) is 0 Å². The standard InChI is InChI=1S/C13H31NOSi/c1-4-7-10-14(11-8-5-2)12-9-13-16-15-6-3/h4-13,16H2,1-3H3. The fraction of sp³-hybridized carbons (Fsp3) is 1.00. The molecule has 0 radical (unpaired) electrons. The molecule has 16 heavy (non-hydrogen) atoms. The Labute approximate surface area is 105 Å². The first kappa shape index (κ1) is 16.1.